The first-order chi connectivity index (χ1) is 12.7. The van der Waals surface area contributed by atoms with Gasteiger partial charge in [0, 0.05) is 11.6 Å². The molecule has 2 aromatic rings. The van der Waals surface area contributed by atoms with Crippen LogP contribution in [0.2, 0.25) is 0 Å². The number of benzene rings is 1. The van der Waals surface area contributed by atoms with Gasteiger partial charge >= 0.3 is 0 Å². The van der Waals surface area contributed by atoms with Crippen LogP contribution in [-0.4, -0.2) is 40.2 Å². The summed E-state index contributed by atoms with van der Waals surface area (Å²) in [5.74, 6) is -0.0600. The number of anilines is 1. The fraction of sp³-hybridized carbons (Fsp3) is 0.444. The van der Waals surface area contributed by atoms with Gasteiger partial charge in [0.1, 0.15) is 0 Å². The minimum Gasteiger partial charge on any atom is -0.357 e. The van der Waals surface area contributed by atoms with E-state index >= 15 is 0 Å². The molecule has 6 nitrogen and oxygen atoms in total. The zero-order valence-corrected chi connectivity index (χ0v) is 16.1. The van der Waals surface area contributed by atoms with E-state index in [4.69, 9.17) is 0 Å². The Morgan fingerprint density at radius 3 is 2.65 bits per heavy atom. The molecule has 8 heteroatoms. The van der Waals surface area contributed by atoms with Crippen LogP contribution in [-0.2, 0) is 4.79 Å². The summed E-state index contributed by atoms with van der Waals surface area (Å²) in [6, 6.07) is 9.43. The third kappa shape index (κ3) is 5.81. The van der Waals surface area contributed by atoms with Crippen molar-refractivity contribution >= 4 is 39.9 Å². The molecule has 26 heavy (non-hydrogen) atoms. The predicted molar refractivity (Wildman–Crippen MR) is 105 cm³/mol. The fourth-order valence-electron chi connectivity index (χ4n) is 2.83. The molecular weight excluding hydrogens is 368 g/mol. The fourth-order valence-corrected chi connectivity index (χ4v) is 4.49. The van der Waals surface area contributed by atoms with E-state index in [2.05, 4.69) is 20.8 Å². The van der Waals surface area contributed by atoms with E-state index in [0.717, 1.165) is 9.47 Å². The van der Waals surface area contributed by atoms with E-state index in [0.29, 0.717) is 11.6 Å². The van der Waals surface area contributed by atoms with Crippen LogP contribution in [0.5, 0.6) is 0 Å². The summed E-state index contributed by atoms with van der Waals surface area (Å²) in [5.41, 5.74) is 0.600. The standard InChI is InChI=1S/C18H22N4O2S2/c23-15(13-7-3-1-4-8-13)11-19-16(24)12-25-18-22-21-17(26-18)20-14-9-5-2-6-10-14/h1,3-4,7-8,14H,2,5-6,9-12H2,(H,19,24)(H,20,21). The maximum Gasteiger partial charge on any atom is 0.230 e. The number of thioether (sulfide) groups is 1. The Balaban J connectivity index is 1.38. The van der Waals surface area contributed by atoms with Crippen molar-refractivity contribution in [1.82, 2.24) is 15.5 Å². The van der Waals surface area contributed by atoms with E-state index < -0.39 is 0 Å². The number of hydrogen-bond acceptors (Lipinski definition) is 7. The van der Waals surface area contributed by atoms with Crippen molar-refractivity contribution in [2.45, 2.75) is 42.5 Å². The number of carbonyl (C=O) groups excluding carboxylic acids is 2. The average Bonchev–Trinajstić information content (AvgIpc) is 3.13. The van der Waals surface area contributed by atoms with Crippen LogP contribution in [0.3, 0.4) is 0 Å². The van der Waals surface area contributed by atoms with Crippen LogP contribution >= 0.6 is 23.1 Å². The van der Waals surface area contributed by atoms with Crippen molar-refractivity contribution in [3.8, 4) is 0 Å². The van der Waals surface area contributed by atoms with E-state index in [1.54, 1.807) is 24.3 Å². The van der Waals surface area contributed by atoms with Crippen molar-refractivity contribution in [2.24, 2.45) is 0 Å². The molecule has 1 amide bonds. The summed E-state index contributed by atoms with van der Waals surface area (Å²) in [6.07, 6.45) is 6.21. The van der Waals surface area contributed by atoms with Gasteiger partial charge in [-0.25, -0.2) is 0 Å². The molecule has 0 atom stereocenters. The molecule has 1 saturated carbocycles. The van der Waals surface area contributed by atoms with Crippen LogP contribution in [0.25, 0.3) is 0 Å². The van der Waals surface area contributed by atoms with Gasteiger partial charge in [0.05, 0.1) is 12.3 Å². The van der Waals surface area contributed by atoms with Gasteiger partial charge in [-0.15, -0.1) is 10.2 Å². The van der Waals surface area contributed by atoms with E-state index in [1.165, 1.54) is 55.2 Å². The molecule has 1 aliphatic rings. The number of amides is 1. The van der Waals surface area contributed by atoms with Gasteiger partial charge in [-0.3, -0.25) is 9.59 Å². The normalized spacial score (nSPS) is 14.8. The molecule has 0 aliphatic heterocycles. The van der Waals surface area contributed by atoms with Gasteiger partial charge in [0.15, 0.2) is 10.1 Å². The van der Waals surface area contributed by atoms with Crippen LogP contribution in [0.15, 0.2) is 34.7 Å². The Bertz CT molecular complexity index is 730. The summed E-state index contributed by atoms with van der Waals surface area (Å²) in [4.78, 5) is 23.9. The Hall–Kier alpha value is -1.93. The second-order valence-electron chi connectivity index (χ2n) is 6.21. The smallest absolute Gasteiger partial charge is 0.230 e. The van der Waals surface area contributed by atoms with Crippen molar-refractivity contribution in [2.75, 3.05) is 17.6 Å². The second kappa shape index (κ2) is 9.68. The largest absolute Gasteiger partial charge is 0.357 e. The number of nitrogens with zero attached hydrogens (tertiary/aromatic N) is 2. The van der Waals surface area contributed by atoms with Crippen molar-refractivity contribution in [1.29, 1.82) is 0 Å². The number of nitrogens with one attached hydrogen (secondary N) is 2. The van der Waals surface area contributed by atoms with Crippen LogP contribution in [0, 0.1) is 0 Å². The van der Waals surface area contributed by atoms with Gasteiger partial charge in [-0.1, -0.05) is 72.7 Å². The molecule has 1 aliphatic carbocycles. The lowest BCUT2D eigenvalue weighted by Crippen LogP contribution is -2.30. The maximum absolute atomic E-state index is 12.0. The first-order valence-corrected chi connectivity index (χ1v) is 10.6. The van der Waals surface area contributed by atoms with Crippen molar-refractivity contribution in [3.63, 3.8) is 0 Å². The van der Waals surface area contributed by atoms with Gasteiger partial charge in [0.2, 0.25) is 11.0 Å². The van der Waals surface area contributed by atoms with Crippen LogP contribution in [0.4, 0.5) is 5.13 Å². The first-order valence-electron chi connectivity index (χ1n) is 8.78. The minimum absolute atomic E-state index is 0.00795. The van der Waals surface area contributed by atoms with Gasteiger partial charge in [-0.05, 0) is 12.8 Å². The number of aromatic nitrogens is 2. The molecule has 0 spiro atoms. The molecule has 0 unspecified atom stereocenters. The SMILES string of the molecule is O=C(CSc1nnc(NC2CCCCC2)s1)NCC(=O)c1ccccc1. The third-order valence-corrected chi connectivity index (χ3v) is 6.20. The van der Waals surface area contributed by atoms with Crippen LogP contribution < -0.4 is 10.6 Å². The molecular formula is C18H22N4O2S2. The van der Waals surface area contributed by atoms with Crippen molar-refractivity contribution < 1.29 is 9.59 Å². The monoisotopic (exact) mass is 390 g/mol. The molecule has 1 aromatic heterocycles. The zero-order valence-electron chi connectivity index (χ0n) is 14.4. The van der Waals surface area contributed by atoms with E-state index in [1.807, 2.05) is 6.07 Å². The zero-order chi connectivity index (χ0) is 18.2. The lowest BCUT2D eigenvalue weighted by atomic mass is 9.96. The Kier molecular flexibility index (Phi) is 7.02. The molecule has 1 aromatic carbocycles. The number of rotatable bonds is 8. The highest BCUT2D eigenvalue weighted by Gasteiger charge is 2.16. The summed E-state index contributed by atoms with van der Waals surface area (Å²) in [7, 11) is 0. The molecule has 1 fully saturated rings. The molecule has 0 bridgehead atoms. The van der Waals surface area contributed by atoms with E-state index in [-0.39, 0.29) is 24.0 Å². The number of hydrogen-bond donors (Lipinski definition) is 2. The number of Topliss-reactive ketones (excluding diaryl/α,β-unsaturated/α-hetero) is 1. The topological polar surface area (TPSA) is 84.0 Å². The van der Waals surface area contributed by atoms with Gasteiger partial charge in [0.25, 0.3) is 0 Å². The highest BCUT2D eigenvalue weighted by Crippen LogP contribution is 2.28. The molecule has 1 heterocycles. The molecule has 138 valence electrons. The lowest BCUT2D eigenvalue weighted by molar-refractivity contribution is -0.118. The summed E-state index contributed by atoms with van der Waals surface area (Å²) in [5, 5.41) is 15.2. The summed E-state index contributed by atoms with van der Waals surface area (Å²) >= 11 is 2.81. The Morgan fingerprint density at radius 2 is 1.88 bits per heavy atom. The van der Waals surface area contributed by atoms with Crippen molar-refractivity contribution in [3.05, 3.63) is 35.9 Å². The molecule has 3 rings (SSSR count). The quantitative estimate of drug-likeness (QED) is 0.531. The summed E-state index contributed by atoms with van der Waals surface area (Å²) in [6.45, 7) is 0.00795. The second-order valence-corrected chi connectivity index (χ2v) is 8.41. The van der Waals surface area contributed by atoms with Gasteiger partial charge < -0.3 is 10.6 Å². The highest BCUT2D eigenvalue weighted by molar-refractivity contribution is 8.01. The minimum atomic E-state index is -0.184. The highest BCUT2D eigenvalue weighted by atomic mass is 32.2. The van der Waals surface area contributed by atoms with E-state index in [9.17, 15) is 9.59 Å². The number of carbonyl (C=O) groups is 2. The van der Waals surface area contributed by atoms with Gasteiger partial charge in [-0.2, -0.15) is 0 Å². The number of ketones is 1. The molecule has 0 saturated heterocycles. The summed E-state index contributed by atoms with van der Waals surface area (Å²) < 4.78 is 0.757. The Morgan fingerprint density at radius 1 is 1.12 bits per heavy atom. The predicted octanol–water partition coefficient (Wildman–Crippen LogP) is 3.37. The Labute approximate surface area is 161 Å². The lowest BCUT2D eigenvalue weighted by Gasteiger charge is -2.21. The molecule has 0 radical (unpaired) electrons. The maximum atomic E-state index is 12.0. The first kappa shape index (κ1) is 18.8. The van der Waals surface area contributed by atoms with Crippen LogP contribution in [0.1, 0.15) is 42.5 Å². The third-order valence-electron chi connectivity index (χ3n) is 4.21. The molecule has 2 N–H and O–H groups in total. The average molecular weight is 391 g/mol.